The van der Waals surface area contributed by atoms with Gasteiger partial charge in [-0.3, -0.25) is 0 Å². The van der Waals surface area contributed by atoms with Gasteiger partial charge in [-0.25, -0.2) is 0 Å². The van der Waals surface area contributed by atoms with Crippen molar-refractivity contribution < 1.29 is 0 Å². The molecule has 48 valence electrons. The van der Waals surface area contributed by atoms with Crippen LogP contribution in [0.4, 0.5) is 0 Å². The lowest BCUT2D eigenvalue weighted by Gasteiger charge is -1.95. The zero-order chi connectivity index (χ0) is 6.41. The second kappa shape index (κ2) is 4.69. The quantitative estimate of drug-likeness (QED) is 0.595. The van der Waals surface area contributed by atoms with E-state index in [1.54, 1.807) is 0 Å². The van der Waals surface area contributed by atoms with Gasteiger partial charge in [0.05, 0.1) is 0 Å². The maximum Gasteiger partial charge on any atom is 0.00371 e. The molecule has 0 atom stereocenters. The first-order valence-corrected chi connectivity index (χ1v) is 3.22. The van der Waals surface area contributed by atoms with Gasteiger partial charge in [0.1, 0.15) is 0 Å². The Hall–Kier alpha value is -0.460. The van der Waals surface area contributed by atoms with E-state index in [0.29, 0.717) is 0 Å². The molecule has 0 bridgehead atoms. The Morgan fingerprint density at radius 3 is 2.62 bits per heavy atom. The lowest BCUT2D eigenvalue weighted by Crippen LogP contribution is -1.94. The van der Waals surface area contributed by atoms with Crippen molar-refractivity contribution >= 4 is 0 Å². The molecule has 2 N–H and O–H groups in total. The van der Waals surface area contributed by atoms with Crippen molar-refractivity contribution in [1.29, 1.82) is 0 Å². The summed E-state index contributed by atoms with van der Waals surface area (Å²) in [5.74, 6) is 0. The third kappa shape index (κ3) is 3.72. The Labute approximate surface area is 51.6 Å². The van der Waals surface area contributed by atoms with Crippen LogP contribution in [0.3, 0.4) is 0 Å². The van der Waals surface area contributed by atoms with E-state index in [2.05, 4.69) is 6.92 Å². The van der Waals surface area contributed by atoms with Crippen molar-refractivity contribution in [3.8, 4) is 0 Å². The normalized spacial score (nSPS) is 12.0. The molecule has 0 aliphatic rings. The van der Waals surface area contributed by atoms with Gasteiger partial charge in [0.2, 0.25) is 0 Å². The first-order valence-electron chi connectivity index (χ1n) is 3.22. The van der Waals surface area contributed by atoms with E-state index in [4.69, 9.17) is 5.73 Å². The molecule has 0 spiro atoms. The molecule has 0 aromatic heterocycles. The van der Waals surface area contributed by atoms with E-state index in [9.17, 15) is 0 Å². The summed E-state index contributed by atoms with van der Waals surface area (Å²) in [5, 5.41) is 0. The zero-order valence-electron chi connectivity index (χ0n) is 5.78. The summed E-state index contributed by atoms with van der Waals surface area (Å²) in [6.07, 6.45) is 5.48. The van der Waals surface area contributed by atoms with Crippen LogP contribution in [0, 0.1) is 0 Å². The van der Waals surface area contributed by atoms with Gasteiger partial charge in [-0.05, 0) is 19.8 Å². The van der Waals surface area contributed by atoms with Crippen molar-refractivity contribution in [2.24, 2.45) is 5.73 Å². The van der Waals surface area contributed by atoms with Crippen LogP contribution < -0.4 is 5.73 Å². The first-order chi connectivity index (χ1) is 3.81. The molecule has 0 radical (unpaired) electrons. The van der Waals surface area contributed by atoms with E-state index < -0.39 is 0 Å². The molecule has 0 saturated heterocycles. The highest BCUT2D eigenvalue weighted by molar-refractivity contribution is 4.92. The van der Waals surface area contributed by atoms with Crippen LogP contribution in [-0.4, -0.2) is 0 Å². The van der Waals surface area contributed by atoms with Crippen LogP contribution in [0.15, 0.2) is 11.8 Å². The fourth-order valence-electron chi connectivity index (χ4n) is 0.525. The van der Waals surface area contributed by atoms with Gasteiger partial charge in [0.25, 0.3) is 0 Å². The van der Waals surface area contributed by atoms with Gasteiger partial charge in [-0.2, -0.15) is 0 Å². The summed E-state index contributed by atoms with van der Waals surface area (Å²) < 4.78 is 0. The number of hydrogen-bond acceptors (Lipinski definition) is 1. The highest BCUT2D eigenvalue weighted by Crippen LogP contribution is 1.99. The van der Waals surface area contributed by atoms with Crippen LogP contribution in [0.2, 0.25) is 0 Å². The highest BCUT2D eigenvalue weighted by Gasteiger charge is 1.84. The Balaban J connectivity index is 3.12. The highest BCUT2D eigenvalue weighted by atomic mass is 14.6. The molecule has 1 nitrogen and oxygen atoms in total. The van der Waals surface area contributed by atoms with Crippen molar-refractivity contribution in [3.05, 3.63) is 11.8 Å². The molecule has 0 heterocycles. The van der Waals surface area contributed by atoms with Gasteiger partial charge in [0, 0.05) is 5.70 Å². The summed E-state index contributed by atoms with van der Waals surface area (Å²) in [4.78, 5) is 0. The molecule has 0 aliphatic heterocycles. The minimum Gasteiger partial charge on any atom is -0.402 e. The number of nitrogens with two attached hydrogens (primary N) is 1. The van der Waals surface area contributed by atoms with E-state index in [1.165, 1.54) is 12.8 Å². The van der Waals surface area contributed by atoms with E-state index in [0.717, 1.165) is 12.1 Å². The van der Waals surface area contributed by atoms with Crippen LogP contribution >= 0.6 is 0 Å². The summed E-state index contributed by atoms with van der Waals surface area (Å²) in [5.41, 5.74) is 6.54. The standard InChI is InChI=1S/C7H15N/c1-3-5-6-7(8)4-2/h4H,3,5-6,8H2,1-2H3. The molecule has 0 saturated carbocycles. The molecule has 8 heavy (non-hydrogen) atoms. The first kappa shape index (κ1) is 7.54. The van der Waals surface area contributed by atoms with Gasteiger partial charge in [-0.1, -0.05) is 19.4 Å². The lowest BCUT2D eigenvalue weighted by atomic mass is 10.2. The third-order valence-corrected chi connectivity index (χ3v) is 1.19. The monoisotopic (exact) mass is 113 g/mol. The van der Waals surface area contributed by atoms with E-state index >= 15 is 0 Å². The predicted molar refractivity (Wildman–Crippen MR) is 37.5 cm³/mol. The van der Waals surface area contributed by atoms with Crippen LogP contribution in [0.25, 0.3) is 0 Å². The minimum absolute atomic E-state index is 1.02. The average Bonchev–Trinajstić information content (AvgIpc) is 1.83. The summed E-state index contributed by atoms with van der Waals surface area (Å²) >= 11 is 0. The summed E-state index contributed by atoms with van der Waals surface area (Å²) in [6.45, 7) is 4.15. The van der Waals surface area contributed by atoms with Crippen molar-refractivity contribution in [3.63, 3.8) is 0 Å². The largest absolute Gasteiger partial charge is 0.402 e. The Kier molecular flexibility index (Phi) is 4.42. The average molecular weight is 113 g/mol. The molecule has 0 rings (SSSR count). The minimum atomic E-state index is 1.02. The SMILES string of the molecule is CC=C(N)CCCC. The van der Waals surface area contributed by atoms with Crippen molar-refractivity contribution in [2.75, 3.05) is 0 Å². The van der Waals surface area contributed by atoms with E-state index in [1.807, 2.05) is 13.0 Å². The summed E-state index contributed by atoms with van der Waals surface area (Å²) in [7, 11) is 0. The Morgan fingerprint density at radius 2 is 2.25 bits per heavy atom. The van der Waals surface area contributed by atoms with Gasteiger partial charge in [0.15, 0.2) is 0 Å². The predicted octanol–water partition coefficient (Wildman–Crippen LogP) is 2.04. The molecule has 1 heteroatoms. The smallest absolute Gasteiger partial charge is 0.00371 e. The molecule has 0 fully saturated rings. The molecule has 0 aromatic carbocycles. The number of hydrogen-bond donors (Lipinski definition) is 1. The molecule has 0 unspecified atom stereocenters. The van der Waals surface area contributed by atoms with Crippen molar-refractivity contribution in [1.82, 2.24) is 0 Å². The van der Waals surface area contributed by atoms with E-state index in [-0.39, 0.29) is 0 Å². The van der Waals surface area contributed by atoms with Crippen LogP contribution in [0.5, 0.6) is 0 Å². The fourth-order valence-corrected chi connectivity index (χ4v) is 0.525. The molecule has 0 amide bonds. The molecule has 0 aromatic rings. The number of rotatable bonds is 3. The fraction of sp³-hybridized carbons (Fsp3) is 0.714. The molecular formula is C7H15N. The lowest BCUT2D eigenvalue weighted by molar-refractivity contribution is 0.780. The van der Waals surface area contributed by atoms with Gasteiger partial charge < -0.3 is 5.73 Å². The molecule has 0 aliphatic carbocycles. The maximum absolute atomic E-state index is 5.52. The third-order valence-electron chi connectivity index (χ3n) is 1.19. The zero-order valence-corrected chi connectivity index (χ0v) is 5.78. The number of unbranched alkanes of at least 4 members (excludes halogenated alkanes) is 1. The number of allylic oxidation sites excluding steroid dienone is 2. The molecular weight excluding hydrogens is 98.1 g/mol. The topological polar surface area (TPSA) is 26.0 Å². The Morgan fingerprint density at radius 1 is 1.62 bits per heavy atom. The second-order valence-corrected chi connectivity index (χ2v) is 1.97. The second-order valence-electron chi connectivity index (χ2n) is 1.97. The van der Waals surface area contributed by atoms with Crippen LogP contribution in [-0.2, 0) is 0 Å². The summed E-state index contributed by atoms with van der Waals surface area (Å²) in [6, 6.07) is 0. The van der Waals surface area contributed by atoms with Crippen molar-refractivity contribution in [2.45, 2.75) is 33.1 Å². The Bertz CT molecular complexity index is 74.5. The van der Waals surface area contributed by atoms with Gasteiger partial charge >= 0.3 is 0 Å². The maximum atomic E-state index is 5.52. The van der Waals surface area contributed by atoms with Gasteiger partial charge in [-0.15, -0.1) is 0 Å². The van der Waals surface area contributed by atoms with Crippen LogP contribution in [0.1, 0.15) is 33.1 Å².